The third-order valence-electron chi connectivity index (χ3n) is 6.70. The maximum atomic E-state index is 2.57. The Morgan fingerprint density at radius 3 is 1.80 bits per heavy atom. The summed E-state index contributed by atoms with van der Waals surface area (Å²) < 4.78 is 0. The SMILES string of the molecule is CC(C)C1C2(C)CC[C@@](C)(C(C)C)C12C. The predicted octanol–water partition coefficient (Wildman–Crippen LogP) is 4.74. The molecule has 0 amide bonds. The van der Waals surface area contributed by atoms with Crippen molar-refractivity contribution in [1.82, 2.24) is 0 Å². The van der Waals surface area contributed by atoms with Crippen molar-refractivity contribution in [2.45, 2.75) is 61.3 Å². The van der Waals surface area contributed by atoms with Crippen LogP contribution in [0.15, 0.2) is 0 Å². The van der Waals surface area contributed by atoms with E-state index in [-0.39, 0.29) is 0 Å². The molecule has 0 aromatic rings. The summed E-state index contributed by atoms with van der Waals surface area (Å²) in [5, 5.41) is 0. The van der Waals surface area contributed by atoms with E-state index in [0.29, 0.717) is 16.2 Å². The van der Waals surface area contributed by atoms with E-state index in [2.05, 4.69) is 48.5 Å². The standard InChI is InChI=1S/C15H28/c1-10(2)12-14(6)9-8-13(5,11(3)4)15(12,14)7/h10-12H,8-9H2,1-7H3/t12?,13-,14?,15?/m0/s1. The van der Waals surface area contributed by atoms with Crippen LogP contribution in [0.3, 0.4) is 0 Å². The Bertz CT molecular complexity index is 278. The minimum atomic E-state index is 0.580. The summed E-state index contributed by atoms with van der Waals surface area (Å²) >= 11 is 0. The van der Waals surface area contributed by atoms with Gasteiger partial charge in [-0.2, -0.15) is 0 Å². The highest BCUT2D eigenvalue weighted by atomic mass is 14.8. The van der Waals surface area contributed by atoms with Crippen LogP contribution in [0.2, 0.25) is 0 Å². The van der Waals surface area contributed by atoms with Crippen LogP contribution in [0.25, 0.3) is 0 Å². The first-order chi connectivity index (χ1) is 6.72. The van der Waals surface area contributed by atoms with Crippen molar-refractivity contribution in [3.63, 3.8) is 0 Å². The van der Waals surface area contributed by atoms with Gasteiger partial charge < -0.3 is 0 Å². The fourth-order valence-corrected chi connectivity index (χ4v) is 5.41. The van der Waals surface area contributed by atoms with Crippen molar-refractivity contribution >= 4 is 0 Å². The van der Waals surface area contributed by atoms with E-state index >= 15 is 0 Å². The molecule has 4 atom stereocenters. The number of hydrogen-bond donors (Lipinski definition) is 0. The van der Waals surface area contributed by atoms with Crippen molar-refractivity contribution in [2.24, 2.45) is 34.0 Å². The lowest BCUT2D eigenvalue weighted by Crippen LogP contribution is -2.32. The molecule has 3 unspecified atom stereocenters. The highest BCUT2D eigenvalue weighted by molar-refractivity contribution is 5.28. The fourth-order valence-electron chi connectivity index (χ4n) is 5.41. The molecular formula is C15H28. The van der Waals surface area contributed by atoms with Crippen LogP contribution >= 0.6 is 0 Å². The molecule has 0 nitrogen and oxygen atoms in total. The summed E-state index contributed by atoms with van der Waals surface area (Å²) in [6.45, 7) is 17.3. The van der Waals surface area contributed by atoms with Gasteiger partial charge in [0.25, 0.3) is 0 Å². The van der Waals surface area contributed by atoms with Gasteiger partial charge in [0.15, 0.2) is 0 Å². The Morgan fingerprint density at radius 1 is 0.933 bits per heavy atom. The predicted molar refractivity (Wildman–Crippen MR) is 66.7 cm³/mol. The van der Waals surface area contributed by atoms with E-state index in [1.165, 1.54) is 12.8 Å². The molecule has 2 saturated carbocycles. The average molecular weight is 208 g/mol. The van der Waals surface area contributed by atoms with E-state index in [9.17, 15) is 0 Å². The summed E-state index contributed by atoms with van der Waals surface area (Å²) in [5.41, 5.74) is 1.85. The van der Waals surface area contributed by atoms with Gasteiger partial charge in [-0.1, -0.05) is 48.5 Å². The molecule has 0 heterocycles. The topological polar surface area (TPSA) is 0 Å². The van der Waals surface area contributed by atoms with Gasteiger partial charge >= 0.3 is 0 Å². The van der Waals surface area contributed by atoms with Crippen LogP contribution in [0.5, 0.6) is 0 Å². The molecule has 0 bridgehead atoms. The second kappa shape index (κ2) is 2.81. The van der Waals surface area contributed by atoms with Crippen molar-refractivity contribution in [2.75, 3.05) is 0 Å². The van der Waals surface area contributed by atoms with Crippen molar-refractivity contribution in [3.8, 4) is 0 Å². The highest BCUT2D eigenvalue weighted by Crippen LogP contribution is 2.86. The lowest BCUT2D eigenvalue weighted by Gasteiger charge is -2.39. The van der Waals surface area contributed by atoms with Crippen molar-refractivity contribution in [1.29, 1.82) is 0 Å². The quantitative estimate of drug-likeness (QED) is 0.615. The van der Waals surface area contributed by atoms with Gasteiger partial charge in [0, 0.05) is 0 Å². The van der Waals surface area contributed by atoms with Gasteiger partial charge in [-0.3, -0.25) is 0 Å². The van der Waals surface area contributed by atoms with Gasteiger partial charge in [-0.25, -0.2) is 0 Å². The Morgan fingerprint density at radius 2 is 1.47 bits per heavy atom. The molecule has 0 saturated heterocycles. The molecule has 0 heteroatoms. The van der Waals surface area contributed by atoms with Crippen LogP contribution in [0.1, 0.15) is 61.3 Å². The maximum Gasteiger partial charge on any atom is -0.0177 e. The van der Waals surface area contributed by atoms with E-state index in [4.69, 9.17) is 0 Å². The molecular weight excluding hydrogens is 180 g/mol. The van der Waals surface area contributed by atoms with Crippen LogP contribution in [-0.2, 0) is 0 Å². The van der Waals surface area contributed by atoms with E-state index in [0.717, 1.165) is 17.8 Å². The molecule has 2 rings (SSSR count). The number of hydrogen-bond acceptors (Lipinski definition) is 0. The van der Waals surface area contributed by atoms with E-state index in [1.807, 2.05) is 0 Å². The second-order valence-corrected chi connectivity index (χ2v) is 7.41. The lowest BCUT2D eigenvalue weighted by molar-refractivity contribution is 0.0931. The Kier molecular flexibility index (Phi) is 2.15. The largest absolute Gasteiger partial charge is 0.0625 e. The van der Waals surface area contributed by atoms with Crippen LogP contribution in [0.4, 0.5) is 0 Å². The first kappa shape index (κ1) is 11.5. The minimum Gasteiger partial charge on any atom is -0.0625 e. The van der Waals surface area contributed by atoms with Gasteiger partial charge in [0.2, 0.25) is 0 Å². The summed E-state index contributed by atoms with van der Waals surface area (Å²) in [5.74, 6) is 2.65. The molecule has 2 fully saturated rings. The van der Waals surface area contributed by atoms with Gasteiger partial charge in [0.05, 0.1) is 0 Å². The zero-order chi connectivity index (χ0) is 11.6. The van der Waals surface area contributed by atoms with E-state index in [1.54, 1.807) is 0 Å². The van der Waals surface area contributed by atoms with E-state index < -0.39 is 0 Å². The summed E-state index contributed by atoms with van der Waals surface area (Å²) in [7, 11) is 0. The first-order valence-corrected chi connectivity index (χ1v) is 6.72. The van der Waals surface area contributed by atoms with Crippen LogP contribution in [-0.4, -0.2) is 0 Å². The molecule has 0 aliphatic heterocycles. The van der Waals surface area contributed by atoms with Gasteiger partial charge in [-0.15, -0.1) is 0 Å². The molecule has 88 valence electrons. The molecule has 0 aromatic carbocycles. The third-order valence-corrected chi connectivity index (χ3v) is 6.70. The second-order valence-electron chi connectivity index (χ2n) is 7.41. The third kappa shape index (κ3) is 0.996. The molecule has 2 aliphatic rings. The first-order valence-electron chi connectivity index (χ1n) is 6.72. The molecule has 15 heavy (non-hydrogen) atoms. The summed E-state index contributed by atoms with van der Waals surface area (Å²) in [4.78, 5) is 0. The fraction of sp³-hybridized carbons (Fsp3) is 1.00. The molecule has 0 aromatic heterocycles. The Hall–Kier alpha value is 0. The zero-order valence-corrected chi connectivity index (χ0v) is 11.6. The Labute approximate surface area is 95.8 Å². The summed E-state index contributed by atoms with van der Waals surface area (Å²) in [6, 6.07) is 0. The van der Waals surface area contributed by atoms with Crippen LogP contribution < -0.4 is 0 Å². The monoisotopic (exact) mass is 208 g/mol. The van der Waals surface area contributed by atoms with Crippen molar-refractivity contribution in [3.05, 3.63) is 0 Å². The van der Waals surface area contributed by atoms with Crippen LogP contribution in [0, 0.1) is 34.0 Å². The minimum absolute atomic E-state index is 0.580. The lowest BCUT2D eigenvalue weighted by atomic mass is 9.65. The highest BCUT2D eigenvalue weighted by Gasteiger charge is 2.80. The maximum absolute atomic E-state index is 2.57. The normalized spacial score (nSPS) is 53.8. The number of rotatable bonds is 2. The average Bonchev–Trinajstić information content (AvgIpc) is 2.53. The molecule has 2 aliphatic carbocycles. The van der Waals surface area contributed by atoms with Gasteiger partial charge in [0.1, 0.15) is 0 Å². The summed E-state index contributed by atoms with van der Waals surface area (Å²) in [6.07, 6.45) is 2.90. The number of fused-ring (bicyclic) bond motifs is 1. The molecule has 0 N–H and O–H groups in total. The zero-order valence-electron chi connectivity index (χ0n) is 11.6. The molecule has 0 spiro atoms. The Balaban J connectivity index is 2.37. The van der Waals surface area contributed by atoms with Gasteiger partial charge in [-0.05, 0) is 46.8 Å². The smallest absolute Gasteiger partial charge is 0.0177 e. The molecule has 0 radical (unpaired) electrons. The van der Waals surface area contributed by atoms with Crippen molar-refractivity contribution < 1.29 is 0 Å².